The quantitative estimate of drug-likeness (QED) is 0.873. The maximum Gasteiger partial charge on any atom is 0.224 e. The lowest BCUT2D eigenvalue weighted by atomic mass is 10.2. The van der Waals surface area contributed by atoms with Gasteiger partial charge in [0.15, 0.2) is 0 Å². The molecule has 0 bridgehead atoms. The first-order valence-electron chi connectivity index (χ1n) is 6.89. The molecular formula is C15H21N5. The molecule has 0 saturated carbocycles. The Balaban J connectivity index is 2.04. The van der Waals surface area contributed by atoms with E-state index in [0.717, 1.165) is 36.6 Å². The van der Waals surface area contributed by atoms with Gasteiger partial charge in [-0.1, -0.05) is 6.07 Å². The van der Waals surface area contributed by atoms with Gasteiger partial charge in [-0.3, -0.25) is 4.98 Å². The van der Waals surface area contributed by atoms with Crippen LogP contribution in [0.3, 0.4) is 0 Å². The van der Waals surface area contributed by atoms with Crippen LogP contribution < -0.4 is 10.2 Å². The summed E-state index contributed by atoms with van der Waals surface area (Å²) in [4.78, 5) is 15.3. The number of rotatable bonds is 6. The van der Waals surface area contributed by atoms with Crippen LogP contribution in [0.5, 0.6) is 0 Å². The molecular weight excluding hydrogens is 250 g/mol. The van der Waals surface area contributed by atoms with Gasteiger partial charge in [-0.15, -0.1) is 0 Å². The first-order valence-corrected chi connectivity index (χ1v) is 6.89. The second-order valence-electron chi connectivity index (χ2n) is 4.72. The van der Waals surface area contributed by atoms with Gasteiger partial charge in [0, 0.05) is 50.2 Å². The van der Waals surface area contributed by atoms with E-state index >= 15 is 0 Å². The molecule has 0 aromatic carbocycles. The van der Waals surface area contributed by atoms with Crippen LogP contribution in [-0.2, 0) is 6.42 Å². The predicted octanol–water partition coefficient (Wildman–Crippen LogP) is 2.29. The van der Waals surface area contributed by atoms with Crippen molar-refractivity contribution in [2.24, 2.45) is 0 Å². The average molecular weight is 271 g/mol. The fourth-order valence-corrected chi connectivity index (χ4v) is 2.00. The molecule has 0 unspecified atom stereocenters. The van der Waals surface area contributed by atoms with E-state index in [-0.39, 0.29) is 0 Å². The minimum atomic E-state index is 0.679. The highest BCUT2D eigenvalue weighted by Gasteiger charge is 2.09. The monoisotopic (exact) mass is 271 g/mol. The summed E-state index contributed by atoms with van der Waals surface area (Å²) in [5.41, 5.74) is 2.17. The Labute approximate surface area is 120 Å². The van der Waals surface area contributed by atoms with Gasteiger partial charge in [-0.2, -0.15) is 4.98 Å². The molecule has 0 radical (unpaired) electrons. The van der Waals surface area contributed by atoms with Crippen molar-refractivity contribution in [3.05, 3.63) is 41.9 Å². The van der Waals surface area contributed by atoms with Gasteiger partial charge in [-0.25, -0.2) is 4.98 Å². The Bertz CT molecular complexity index is 541. The van der Waals surface area contributed by atoms with E-state index in [1.165, 1.54) is 0 Å². The van der Waals surface area contributed by atoms with Gasteiger partial charge in [0.1, 0.15) is 5.82 Å². The maximum atomic E-state index is 4.56. The summed E-state index contributed by atoms with van der Waals surface area (Å²) in [5, 5.41) is 3.14. The van der Waals surface area contributed by atoms with E-state index in [1.807, 2.05) is 51.5 Å². The summed E-state index contributed by atoms with van der Waals surface area (Å²) in [6.07, 6.45) is 4.59. The van der Waals surface area contributed by atoms with E-state index in [0.29, 0.717) is 5.95 Å². The normalized spacial score (nSPS) is 10.3. The van der Waals surface area contributed by atoms with Crippen molar-refractivity contribution in [3.8, 4) is 0 Å². The van der Waals surface area contributed by atoms with E-state index < -0.39 is 0 Å². The number of anilines is 2. The van der Waals surface area contributed by atoms with Gasteiger partial charge in [0.25, 0.3) is 0 Å². The Morgan fingerprint density at radius 1 is 1.25 bits per heavy atom. The van der Waals surface area contributed by atoms with Crippen LogP contribution in [0.15, 0.2) is 30.6 Å². The Kier molecular flexibility index (Phi) is 4.87. The molecule has 1 N–H and O–H groups in total. The summed E-state index contributed by atoms with van der Waals surface area (Å²) >= 11 is 0. The molecule has 5 nitrogen and oxygen atoms in total. The van der Waals surface area contributed by atoms with Crippen molar-refractivity contribution in [2.45, 2.75) is 20.3 Å². The van der Waals surface area contributed by atoms with E-state index in [4.69, 9.17) is 0 Å². The first-order chi connectivity index (χ1) is 9.70. The lowest BCUT2D eigenvalue weighted by Crippen LogP contribution is -2.23. The third-order valence-corrected chi connectivity index (χ3v) is 3.07. The average Bonchev–Trinajstić information content (AvgIpc) is 2.48. The molecule has 0 amide bonds. The zero-order valence-electron chi connectivity index (χ0n) is 12.3. The van der Waals surface area contributed by atoms with Crippen molar-refractivity contribution in [1.82, 2.24) is 15.0 Å². The van der Waals surface area contributed by atoms with Crippen molar-refractivity contribution in [2.75, 3.05) is 30.4 Å². The lowest BCUT2D eigenvalue weighted by Gasteiger charge is -2.20. The highest BCUT2D eigenvalue weighted by atomic mass is 15.2. The molecule has 20 heavy (non-hydrogen) atoms. The van der Waals surface area contributed by atoms with Crippen LogP contribution in [0, 0.1) is 6.92 Å². The highest BCUT2D eigenvalue weighted by molar-refractivity contribution is 5.48. The first kappa shape index (κ1) is 14.2. The number of aromatic nitrogens is 3. The van der Waals surface area contributed by atoms with Crippen molar-refractivity contribution < 1.29 is 0 Å². The number of aryl methyl sites for hydroxylation is 1. The Morgan fingerprint density at radius 3 is 2.80 bits per heavy atom. The summed E-state index contributed by atoms with van der Waals surface area (Å²) < 4.78 is 0. The van der Waals surface area contributed by atoms with Crippen LogP contribution in [0.4, 0.5) is 11.8 Å². The molecule has 0 atom stereocenters. The number of pyridine rings is 1. The minimum Gasteiger partial charge on any atom is -0.359 e. The summed E-state index contributed by atoms with van der Waals surface area (Å²) in [6.45, 7) is 5.76. The second kappa shape index (κ2) is 6.84. The van der Waals surface area contributed by atoms with E-state index in [1.54, 1.807) is 0 Å². The third-order valence-electron chi connectivity index (χ3n) is 3.07. The molecule has 5 heteroatoms. The van der Waals surface area contributed by atoms with Crippen LogP contribution in [-0.4, -0.2) is 35.1 Å². The predicted molar refractivity (Wildman–Crippen MR) is 82.1 cm³/mol. The van der Waals surface area contributed by atoms with Crippen molar-refractivity contribution >= 4 is 11.8 Å². The molecule has 0 saturated heterocycles. The maximum absolute atomic E-state index is 4.56. The molecule has 2 heterocycles. The van der Waals surface area contributed by atoms with Gasteiger partial charge in [0.2, 0.25) is 5.95 Å². The summed E-state index contributed by atoms with van der Waals surface area (Å²) in [6, 6.07) is 6.00. The number of hydrogen-bond donors (Lipinski definition) is 1. The number of hydrogen-bond acceptors (Lipinski definition) is 5. The fourth-order valence-electron chi connectivity index (χ4n) is 2.00. The molecule has 2 aromatic heterocycles. The molecule has 106 valence electrons. The molecule has 2 rings (SSSR count). The zero-order valence-corrected chi connectivity index (χ0v) is 12.3. The Hall–Kier alpha value is -2.17. The van der Waals surface area contributed by atoms with Gasteiger partial charge in [-0.05, 0) is 26.0 Å². The summed E-state index contributed by atoms with van der Waals surface area (Å²) in [7, 11) is 2.05. The molecule has 0 aliphatic rings. The molecule has 0 aliphatic carbocycles. The Morgan fingerprint density at radius 2 is 2.10 bits per heavy atom. The molecule has 0 spiro atoms. The lowest BCUT2D eigenvalue weighted by molar-refractivity contribution is 0.831. The van der Waals surface area contributed by atoms with Crippen molar-refractivity contribution in [1.29, 1.82) is 0 Å². The van der Waals surface area contributed by atoms with Crippen LogP contribution in [0.2, 0.25) is 0 Å². The number of nitrogens with zero attached hydrogens (tertiary/aromatic N) is 4. The molecule has 0 aliphatic heterocycles. The number of nitrogens with one attached hydrogen (secondary N) is 1. The second-order valence-corrected chi connectivity index (χ2v) is 4.72. The summed E-state index contributed by atoms with van der Waals surface area (Å²) in [5.74, 6) is 1.64. The van der Waals surface area contributed by atoms with Gasteiger partial charge in [0.05, 0.1) is 0 Å². The topological polar surface area (TPSA) is 53.9 Å². The van der Waals surface area contributed by atoms with E-state index in [9.17, 15) is 0 Å². The SMILES string of the molecule is CCNc1ncc(C)c(N(C)CCc2ccccn2)n1. The zero-order chi connectivity index (χ0) is 14.4. The molecule has 2 aromatic rings. The smallest absolute Gasteiger partial charge is 0.224 e. The van der Waals surface area contributed by atoms with Crippen LogP contribution in [0.25, 0.3) is 0 Å². The van der Waals surface area contributed by atoms with Crippen molar-refractivity contribution in [3.63, 3.8) is 0 Å². The van der Waals surface area contributed by atoms with Crippen LogP contribution in [0.1, 0.15) is 18.2 Å². The van der Waals surface area contributed by atoms with Gasteiger partial charge < -0.3 is 10.2 Å². The number of likely N-dealkylation sites (N-methyl/N-ethyl adjacent to an activating group) is 1. The minimum absolute atomic E-state index is 0.679. The fraction of sp³-hybridized carbons (Fsp3) is 0.400. The van der Waals surface area contributed by atoms with Crippen LogP contribution >= 0.6 is 0 Å². The van der Waals surface area contributed by atoms with E-state index in [2.05, 4.69) is 25.2 Å². The molecule has 0 fully saturated rings. The van der Waals surface area contributed by atoms with Gasteiger partial charge >= 0.3 is 0 Å². The third kappa shape index (κ3) is 3.66. The highest BCUT2D eigenvalue weighted by Crippen LogP contribution is 2.16. The largest absolute Gasteiger partial charge is 0.359 e. The standard InChI is InChI=1S/C15H21N5/c1-4-16-15-18-11-12(2)14(19-15)20(3)10-8-13-7-5-6-9-17-13/h5-7,9,11H,4,8,10H2,1-3H3,(H,16,18,19).